The molecule has 0 saturated carbocycles. The lowest BCUT2D eigenvalue weighted by Crippen LogP contribution is -2.36. The van der Waals surface area contributed by atoms with Crippen LogP contribution in [0.2, 0.25) is 0 Å². The molecule has 1 atom stereocenters. The van der Waals surface area contributed by atoms with Crippen molar-refractivity contribution in [1.29, 1.82) is 0 Å². The zero-order valence-electron chi connectivity index (χ0n) is 12.0. The second kappa shape index (κ2) is 11.3. The van der Waals surface area contributed by atoms with Crippen LogP contribution in [0.3, 0.4) is 0 Å². The average molecular weight is 299 g/mol. The van der Waals surface area contributed by atoms with Gasteiger partial charge in [-0.05, 0) is 20.3 Å². The van der Waals surface area contributed by atoms with Crippen LogP contribution in [0.1, 0.15) is 65.7 Å². The Morgan fingerprint density at radius 3 is 2.06 bits per heavy atom. The topological polar surface area (TPSA) is 18.5 Å². The number of rotatable bonds is 12. The molecule has 1 unspecified atom stereocenters. The van der Waals surface area contributed by atoms with Gasteiger partial charge in [0.15, 0.2) is 0 Å². The smallest absolute Gasteiger partial charge is 0.244 e. The quantitative estimate of drug-likeness (QED) is 0.359. The third-order valence-corrected chi connectivity index (χ3v) is 3.60. The summed E-state index contributed by atoms with van der Waals surface area (Å²) in [5.74, 6) is 0. The summed E-state index contributed by atoms with van der Waals surface area (Å²) in [4.78, 5) is 0. The summed E-state index contributed by atoms with van der Waals surface area (Å²) in [6.07, 6.45) is 8.10. The Kier molecular flexibility index (Phi) is 11.7. The molecule has 0 saturated heterocycles. The number of hydrogen-bond donors (Lipinski definition) is 0. The van der Waals surface area contributed by atoms with Gasteiger partial charge >= 0.3 is 0 Å². The molecule has 4 heteroatoms. The zero-order chi connectivity index (χ0) is 13.9. The Labute approximate surface area is 122 Å². The van der Waals surface area contributed by atoms with E-state index in [0.29, 0.717) is 13.2 Å². The minimum absolute atomic E-state index is 0.239. The van der Waals surface area contributed by atoms with Crippen LogP contribution in [-0.4, -0.2) is 23.8 Å². The highest BCUT2D eigenvalue weighted by molar-refractivity contribution is 6.47. The van der Waals surface area contributed by atoms with Crippen molar-refractivity contribution in [3.63, 3.8) is 0 Å². The first-order chi connectivity index (χ1) is 8.58. The van der Waals surface area contributed by atoms with Gasteiger partial charge in [-0.3, -0.25) is 0 Å². The molecular weight excluding hydrogens is 271 g/mol. The number of alkyl halides is 2. The lowest BCUT2D eigenvalue weighted by Gasteiger charge is -2.29. The van der Waals surface area contributed by atoms with E-state index in [-0.39, 0.29) is 6.10 Å². The summed E-state index contributed by atoms with van der Waals surface area (Å²) in [7, 11) is 0. The average Bonchev–Trinajstić information content (AvgIpc) is 2.32. The molecule has 0 heterocycles. The highest BCUT2D eigenvalue weighted by Crippen LogP contribution is 2.32. The largest absolute Gasteiger partial charge is 0.373 e. The normalized spacial score (nSPS) is 13.8. The van der Waals surface area contributed by atoms with Crippen molar-refractivity contribution in [1.82, 2.24) is 0 Å². The van der Waals surface area contributed by atoms with Crippen LogP contribution < -0.4 is 0 Å². The summed E-state index contributed by atoms with van der Waals surface area (Å²) < 4.78 is 9.73. The van der Waals surface area contributed by atoms with Crippen LogP contribution in [0.4, 0.5) is 0 Å². The van der Waals surface area contributed by atoms with Gasteiger partial charge in [-0.1, -0.05) is 68.7 Å². The van der Waals surface area contributed by atoms with Crippen molar-refractivity contribution >= 4 is 23.2 Å². The van der Waals surface area contributed by atoms with Gasteiger partial charge < -0.3 is 9.47 Å². The maximum atomic E-state index is 6.16. The molecule has 0 amide bonds. The van der Waals surface area contributed by atoms with E-state index in [0.717, 1.165) is 12.8 Å². The van der Waals surface area contributed by atoms with E-state index >= 15 is 0 Å². The van der Waals surface area contributed by atoms with Crippen molar-refractivity contribution < 1.29 is 9.47 Å². The molecule has 0 radical (unpaired) electrons. The summed E-state index contributed by atoms with van der Waals surface area (Å²) in [6.45, 7) is 7.15. The first-order valence-electron chi connectivity index (χ1n) is 7.21. The fraction of sp³-hybridized carbons (Fsp3) is 1.00. The van der Waals surface area contributed by atoms with Gasteiger partial charge in [0.2, 0.25) is 4.52 Å². The van der Waals surface area contributed by atoms with Crippen LogP contribution in [0.5, 0.6) is 0 Å². The molecule has 0 bridgehead atoms. The molecule has 0 aliphatic heterocycles. The molecule has 0 rings (SSSR count). The highest BCUT2D eigenvalue weighted by atomic mass is 35.5. The molecular formula is C14H28Cl2O2. The fourth-order valence-corrected chi connectivity index (χ4v) is 2.51. The standard InChI is InChI=1S/C14H28Cl2O2/c1-4-7-8-9-10-11-12-13(17-5-2)14(15,16)18-6-3/h13H,4-12H2,1-3H3. The monoisotopic (exact) mass is 298 g/mol. The Bertz CT molecular complexity index is 187. The number of hydrogen-bond acceptors (Lipinski definition) is 2. The molecule has 0 aromatic rings. The predicted octanol–water partition coefficient (Wildman–Crippen LogP) is 5.31. The minimum Gasteiger partial charge on any atom is -0.373 e. The number of ether oxygens (including phenoxy) is 2. The minimum atomic E-state index is -1.21. The van der Waals surface area contributed by atoms with E-state index < -0.39 is 4.52 Å². The fourth-order valence-electron chi connectivity index (χ4n) is 1.95. The van der Waals surface area contributed by atoms with Gasteiger partial charge in [-0.25, -0.2) is 0 Å². The van der Waals surface area contributed by atoms with E-state index in [1.54, 1.807) is 0 Å². The Balaban J connectivity index is 3.89. The van der Waals surface area contributed by atoms with Crippen LogP contribution in [0.25, 0.3) is 0 Å². The van der Waals surface area contributed by atoms with Crippen molar-refractivity contribution in [2.45, 2.75) is 76.3 Å². The third kappa shape index (κ3) is 8.58. The van der Waals surface area contributed by atoms with E-state index in [1.807, 2.05) is 13.8 Å². The predicted molar refractivity (Wildman–Crippen MR) is 79.5 cm³/mol. The van der Waals surface area contributed by atoms with Crippen LogP contribution in [-0.2, 0) is 9.47 Å². The van der Waals surface area contributed by atoms with Crippen LogP contribution >= 0.6 is 23.2 Å². The van der Waals surface area contributed by atoms with Gasteiger partial charge in [0.05, 0.1) is 0 Å². The van der Waals surface area contributed by atoms with Gasteiger partial charge in [0, 0.05) is 13.2 Å². The molecule has 0 aliphatic rings. The van der Waals surface area contributed by atoms with Crippen molar-refractivity contribution in [3.05, 3.63) is 0 Å². The molecule has 18 heavy (non-hydrogen) atoms. The van der Waals surface area contributed by atoms with Gasteiger partial charge in [-0.2, -0.15) is 0 Å². The maximum Gasteiger partial charge on any atom is 0.244 e. The first-order valence-corrected chi connectivity index (χ1v) is 7.97. The molecule has 0 aromatic carbocycles. The lowest BCUT2D eigenvalue weighted by molar-refractivity contribution is -0.0551. The lowest BCUT2D eigenvalue weighted by atomic mass is 10.1. The summed E-state index contributed by atoms with van der Waals surface area (Å²) in [6, 6.07) is 0. The SMILES string of the molecule is CCCCCCCCC(OCC)C(Cl)(Cl)OCC. The van der Waals surface area contributed by atoms with Gasteiger partial charge in [0.25, 0.3) is 0 Å². The summed E-state index contributed by atoms with van der Waals surface area (Å²) >= 11 is 12.3. The van der Waals surface area contributed by atoms with Crippen molar-refractivity contribution in [2.75, 3.05) is 13.2 Å². The Hall–Kier alpha value is 0.500. The van der Waals surface area contributed by atoms with Gasteiger partial charge in [0.1, 0.15) is 6.10 Å². The highest BCUT2D eigenvalue weighted by Gasteiger charge is 2.35. The van der Waals surface area contributed by atoms with Crippen molar-refractivity contribution in [2.24, 2.45) is 0 Å². The Morgan fingerprint density at radius 2 is 1.50 bits per heavy atom. The first kappa shape index (κ1) is 18.5. The van der Waals surface area contributed by atoms with E-state index in [9.17, 15) is 0 Å². The summed E-state index contributed by atoms with van der Waals surface area (Å²) in [5.41, 5.74) is 0. The third-order valence-electron chi connectivity index (χ3n) is 2.90. The number of unbranched alkanes of at least 4 members (excludes halogenated alkanes) is 5. The van der Waals surface area contributed by atoms with Crippen LogP contribution in [0.15, 0.2) is 0 Å². The van der Waals surface area contributed by atoms with Crippen molar-refractivity contribution in [3.8, 4) is 0 Å². The molecule has 0 aliphatic carbocycles. The second-order valence-corrected chi connectivity index (χ2v) is 5.81. The van der Waals surface area contributed by atoms with E-state index in [1.165, 1.54) is 32.1 Å². The van der Waals surface area contributed by atoms with Crippen LogP contribution in [0, 0.1) is 0 Å². The summed E-state index contributed by atoms with van der Waals surface area (Å²) in [5, 5.41) is 0. The van der Waals surface area contributed by atoms with E-state index in [4.69, 9.17) is 32.7 Å². The molecule has 110 valence electrons. The molecule has 0 fully saturated rings. The molecule has 0 N–H and O–H groups in total. The Morgan fingerprint density at radius 1 is 0.889 bits per heavy atom. The molecule has 0 aromatic heterocycles. The maximum absolute atomic E-state index is 6.16. The number of halogens is 2. The molecule has 0 spiro atoms. The van der Waals surface area contributed by atoms with E-state index in [2.05, 4.69) is 6.92 Å². The van der Waals surface area contributed by atoms with Gasteiger partial charge in [-0.15, -0.1) is 0 Å². The molecule has 2 nitrogen and oxygen atoms in total. The second-order valence-electron chi connectivity index (χ2n) is 4.50. The zero-order valence-corrected chi connectivity index (χ0v) is 13.5.